The molecule has 1 aromatic carbocycles. The lowest BCUT2D eigenvalue weighted by Gasteiger charge is -2.30. The van der Waals surface area contributed by atoms with Crippen molar-refractivity contribution in [2.75, 3.05) is 22.9 Å². The van der Waals surface area contributed by atoms with Crippen LogP contribution in [0.1, 0.15) is 17.5 Å². The zero-order valence-electron chi connectivity index (χ0n) is 10.9. The lowest BCUT2D eigenvalue weighted by atomic mass is 9.99. The monoisotopic (exact) mass is 255 g/mol. The molecule has 19 heavy (non-hydrogen) atoms. The van der Waals surface area contributed by atoms with Crippen molar-refractivity contribution in [3.63, 3.8) is 0 Å². The number of anilines is 4. The summed E-state index contributed by atoms with van der Waals surface area (Å²) in [6, 6.07) is 8.25. The summed E-state index contributed by atoms with van der Waals surface area (Å²) in [5.74, 6) is 1.39. The predicted octanol–water partition coefficient (Wildman–Crippen LogP) is 2.03. The van der Waals surface area contributed by atoms with Crippen LogP contribution in [0.5, 0.6) is 0 Å². The first kappa shape index (κ1) is 11.8. The van der Waals surface area contributed by atoms with Gasteiger partial charge in [0.05, 0.1) is 0 Å². The van der Waals surface area contributed by atoms with Gasteiger partial charge in [0.1, 0.15) is 11.6 Å². The van der Waals surface area contributed by atoms with Gasteiger partial charge in [-0.25, -0.2) is 0 Å². The molecule has 3 rings (SSSR count). The fourth-order valence-electron chi connectivity index (χ4n) is 2.57. The Morgan fingerprint density at radius 2 is 2.00 bits per heavy atom. The molecule has 5 nitrogen and oxygen atoms in total. The minimum absolute atomic E-state index is 0.217. The van der Waals surface area contributed by atoms with E-state index in [-0.39, 0.29) is 5.95 Å². The van der Waals surface area contributed by atoms with Crippen LogP contribution >= 0.6 is 0 Å². The number of hydrogen-bond donors (Lipinski definition) is 2. The third-order valence-corrected chi connectivity index (χ3v) is 3.38. The van der Waals surface area contributed by atoms with Crippen molar-refractivity contribution in [1.82, 2.24) is 9.97 Å². The van der Waals surface area contributed by atoms with E-state index in [1.54, 1.807) is 6.07 Å². The van der Waals surface area contributed by atoms with Crippen molar-refractivity contribution < 1.29 is 0 Å². The molecule has 1 aromatic heterocycles. The molecular formula is C14H17N5. The number of aryl methyl sites for hydroxylation is 2. The first-order valence-electron chi connectivity index (χ1n) is 6.40. The number of aromatic nitrogens is 2. The van der Waals surface area contributed by atoms with Gasteiger partial charge in [-0.2, -0.15) is 9.97 Å². The fraction of sp³-hybridized carbons (Fsp3) is 0.286. The molecule has 1 aliphatic rings. The summed E-state index contributed by atoms with van der Waals surface area (Å²) in [5, 5.41) is 0. The van der Waals surface area contributed by atoms with Gasteiger partial charge >= 0.3 is 0 Å². The second-order valence-electron chi connectivity index (χ2n) is 4.90. The summed E-state index contributed by atoms with van der Waals surface area (Å²) < 4.78 is 0. The summed E-state index contributed by atoms with van der Waals surface area (Å²) in [6.07, 6.45) is 2.20. The average molecular weight is 255 g/mol. The fourth-order valence-corrected chi connectivity index (χ4v) is 2.57. The molecule has 0 amide bonds. The number of rotatable bonds is 1. The van der Waals surface area contributed by atoms with Gasteiger partial charge in [0.15, 0.2) is 0 Å². The van der Waals surface area contributed by atoms with E-state index in [1.807, 2.05) is 0 Å². The molecule has 0 radical (unpaired) electrons. The van der Waals surface area contributed by atoms with Crippen LogP contribution in [0, 0.1) is 6.92 Å². The quantitative estimate of drug-likeness (QED) is 0.815. The minimum Gasteiger partial charge on any atom is -0.383 e. The molecule has 5 heteroatoms. The molecule has 2 heterocycles. The van der Waals surface area contributed by atoms with Gasteiger partial charge in [0.2, 0.25) is 5.95 Å². The van der Waals surface area contributed by atoms with E-state index in [9.17, 15) is 0 Å². The summed E-state index contributed by atoms with van der Waals surface area (Å²) >= 11 is 0. The van der Waals surface area contributed by atoms with Gasteiger partial charge in [0.25, 0.3) is 0 Å². The van der Waals surface area contributed by atoms with Crippen LogP contribution in [0.3, 0.4) is 0 Å². The van der Waals surface area contributed by atoms with Crippen molar-refractivity contribution in [2.45, 2.75) is 19.8 Å². The molecule has 0 fully saturated rings. The third kappa shape index (κ3) is 2.19. The highest BCUT2D eigenvalue weighted by molar-refractivity contribution is 5.67. The summed E-state index contributed by atoms with van der Waals surface area (Å²) in [5.41, 5.74) is 15.3. The maximum atomic E-state index is 5.75. The van der Waals surface area contributed by atoms with E-state index in [4.69, 9.17) is 11.5 Å². The summed E-state index contributed by atoms with van der Waals surface area (Å²) in [4.78, 5) is 10.4. The molecular weight excluding hydrogens is 238 g/mol. The van der Waals surface area contributed by atoms with Gasteiger partial charge in [-0.1, -0.05) is 17.7 Å². The van der Waals surface area contributed by atoms with Crippen molar-refractivity contribution in [1.29, 1.82) is 0 Å². The largest absolute Gasteiger partial charge is 0.383 e. The van der Waals surface area contributed by atoms with Crippen molar-refractivity contribution in [2.24, 2.45) is 0 Å². The topological polar surface area (TPSA) is 81.1 Å². The first-order chi connectivity index (χ1) is 9.13. The van der Waals surface area contributed by atoms with Gasteiger partial charge in [0, 0.05) is 18.3 Å². The number of benzene rings is 1. The van der Waals surface area contributed by atoms with Crippen molar-refractivity contribution >= 4 is 23.3 Å². The number of hydrogen-bond acceptors (Lipinski definition) is 5. The lowest BCUT2D eigenvalue weighted by molar-refractivity contribution is 0.758. The average Bonchev–Trinajstić information content (AvgIpc) is 2.36. The smallest absolute Gasteiger partial charge is 0.223 e. The van der Waals surface area contributed by atoms with Crippen molar-refractivity contribution in [3.05, 3.63) is 35.4 Å². The molecule has 1 aliphatic heterocycles. The van der Waals surface area contributed by atoms with E-state index in [0.29, 0.717) is 5.82 Å². The van der Waals surface area contributed by atoms with E-state index in [1.165, 1.54) is 16.8 Å². The molecule has 0 unspecified atom stereocenters. The molecule has 4 N–H and O–H groups in total. The summed E-state index contributed by atoms with van der Waals surface area (Å²) in [7, 11) is 0. The molecule has 0 atom stereocenters. The Labute approximate surface area is 112 Å². The first-order valence-corrected chi connectivity index (χ1v) is 6.40. The molecule has 0 spiro atoms. The molecule has 0 aliphatic carbocycles. The van der Waals surface area contributed by atoms with Crippen molar-refractivity contribution in [3.8, 4) is 0 Å². The number of fused-ring (bicyclic) bond motifs is 1. The SMILES string of the molecule is Cc1ccc2c(c1)CCCN2c1cc(N)nc(N)n1. The van der Waals surface area contributed by atoms with Crippen LogP contribution < -0.4 is 16.4 Å². The lowest BCUT2D eigenvalue weighted by Crippen LogP contribution is -2.26. The Kier molecular flexibility index (Phi) is 2.74. The Morgan fingerprint density at radius 1 is 1.16 bits per heavy atom. The summed E-state index contributed by atoms with van der Waals surface area (Å²) in [6.45, 7) is 3.03. The minimum atomic E-state index is 0.217. The van der Waals surface area contributed by atoms with E-state index >= 15 is 0 Å². The van der Waals surface area contributed by atoms with Gasteiger partial charge in [-0.3, -0.25) is 0 Å². The molecule has 0 saturated carbocycles. The van der Waals surface area contributed by atoms with E-state index in [0.717, 1.165) is 25.2 Å². The molecule has 2 aromatic rings. The molecule has 98 valence electrons. The highest BCUT2D eigenvalue weighted by Gasteiger charge is 2.19. The van der Waals surface area contributed by atoms with Crippen LogP contribution in [-0.4, -0.2) is 16.5 Å². The van der Waals surface area contributed by atoms with E-state index in [2.05, 4.69) is 40.0 Å². The normalized spacial score (nSPS) is 14.3. The van der Waals surface area contributed by atoms with Crippen LogP contribution in [0.25, 0.3) is 0 Å². The number of nitrogen functional groups attached to an aromatic ring is 2. The molecule has 0 bridgehead atoms. The van der Waals surface area contributed by atoms with Crippen LogP contribution in [0.15, 0.2) is 24.3 Å². The second-order valence-corrected chi connectivity index (χ2v) is 4.90. The van der Waals surface area contributed by atoms with Crippen LogP contribution in [0.4, 0.5) is 23.3 Å². The number of nitrogens with two attached hydrogens (primary N) is 2. The number of nitrogens with zero attached hydrogens (tertiary/aromatic N) is 3. The Balaban J connectivity index is 2.08. The van der Waals surface area contributed by atoms with Crippen LogP contribution in [0.2, 0.25) is 0 Å². The maximum Gasteiger partial charge on any atom is 0.223 e. The zero-order valence-corrected chi connectivity index (χ0v) is 10.9. The highest BCUT2D eigenvalue weighted by atomic mass is 15.2. The standard InChI is InChI=1S/C14H17N5/c1-9-4-5-11-10(7-9)3-2-6-19(11)13-8-12(15)17-14(16)18-13/h4-5,7-8H,2-3,6H2,1H3,(H4,15,16,17,18). The second kappa shape index (κ2) is 4.42. The molecule has 0 saturated heterocycles. The van der Waals surface area contributed by atoms with Gasteiger partial charge < -0.3 is 16.4 Å². The van der Waals surface area contributed by atoms with Crippen LogP contribution in [-0.2, 0) is 6.42 Å². The Morgan fingerprint density at radius 3 is 2.79 bits per heavy atom. The zero-order chi connectivity index (χ0) is 13.4. The Hall–Kier alpha value is -2.30. The maximum absolute atomic E-state index is 5.75. The third-order valence-electron chi connectivity index (χ3n) is 3.38. The Bertz CT molecular complexity index is 603. The predicted molar refractivity (Wildman–Crippen MR) is 77.4 cm³/mol. The highest BCUT2D eigenvalue weighted by Crippen LogP contribution is 2.33. The van der Waals surface area contributed by atoms with Gasteiger partial charge in [-0.05, 0) is 31.4 Å². The van der Waals surface area contributed by atoms with Gasteiger partial charge in [-0.15, -0.1) is 0 Å². The van der Waals surface area contributed by atoms with E-state index < -0.39 is 0 Å².